The molecule has 21 heavy (non-hydrogen) atoms. The fourth-order valence-corrected chi connectivity index (χ4v) is 3.20. The molecule has 4 rings (SSSR count). The van der Waals surface area contributed by atoms with Gasteiger partial charge in [0.2, 0.25) is 0 Å². The number of carbonyl (C=O) groups is 2. The quantitative estimate of drug-likeness (QED) is 0.758. The number of nitrogens with zero attached hydrogens (tertiary/aromatic N) is 1. The first-order chi connectivity index (χ1) is 10.2. The minimum absolute atomic E-state index is 0.265. The molecule has 1 aliphatic carbocycles. The second kappa shape index (κ2) is 4.30. The summed E-state index contributed by atoms with van der Waals surface area (Å²) in [6.45, 7) is 0. The van der Waals surface area contributed by atoms with E-state index in [0.717, 1.165) is 11.1 Å². The summed E-state index contributed by atoms with van der Waals surface area (Å²) in [5, 5.41) is 0.397. The molecule has 0 radical (unpaired) electrons. The Morgan fingerprint density at radius 2 is 1.62 bits per heavy atom. The molecule has 0 saturated heterocycles. The minimum atomic E-state index is -0.284. The highest BCUT2D eigenvalue weighted by Gasteiger charge is 2.43. The van der Waals surface area contributed by atoms with Crippen molar-refractivity contribution in [2.75, 3.05) is 4.90 Å². The van der Waals surface area contributed by atoms with Gasteiger partial charge in [-0.3, -0.25) is 9.59 Å². The lowest BCUT2D eigenvalue weighted by atomic mass is 10.1. The molecule has 4 heteroatoms. The molecule has 0 fully saturated rings. The van der Waals surface area contributed by atoms with Crippen LogP contribution in [0.5, 0.6) is 0 Å². The lowest BCUT2D eigenvalue weighted by Gasteiger charge is -2.18. The van der Waals surface area contributed by atoms with Crippen LogP contribution in [0, 0.1) is 0 Å². The first-order valence-corrected chi connectivity index (χ1v) is 7.01. The van der Waals surface area contributed by atoms with Crippen LogP contribution in [0.4, 0.5) is 5.69 Å². The molecule has 3 nitrogen and oxygen atoms in total. The number of amides is 2. The van der Waals surface area contributed by atoms with Crippen LogP contribution in [0.15, 0.2) is 54.1 Å². The Morgan fingerprint density at radius 1 is 0.905 bits per heavy atom. The van der Waals surface area contributed by atoms with Crippen LogP contribution in [0.1, 0.15) is 11.1 Å². The number of hydrogen-bond acceptors (Lipinski definition) is 2. The molecule has 1 aliphatic heterocycles. The maximum Gasteiger partial charge on any atom is 0.266 e. The van der Waals surface area contributed by atoms with Gasteiger partial charge in [-0.15, -0.1) is 0 Å². The van der Waals surface area contributed by atoms with Crippen molar-refractivity contribution in [3.05, 3.63) is 70.3 Å². The van der Waals surface area contributed by atoms with Crippen molar-refractivity contribution in [3.63, 3.8) is 0 Å². The Kier molecular flexibility index (Phi) is 2.53. The van der Waals surface area contributed by atoms with Gasteiger partial charge < -0.3 is 0 Å². The predicted octanol–water partition coefficient (Wildman–Crippen LogP) is 3.22. The molecule has 2 aromatic rings. The lowest BCUT2D eigenvalue weighted by molar-refractivity contribution is -0.120. The van der Waals surface area contributed by atoms with Crippen LogP contribution in [0.3, 0.4) is 0 Å². The number of rotatable bonds is 1. The molecule has 2 aliphatic rings. The largest absolute Gasteiger partial charge is 0.269 e. The predicted molar refractivity (Wildman–Crippen MR) is 81.0 cm³/mol. The topological polar surface area (TPSA) is 37.4 Å². The fourth-order valence-electron chi connectivity index (χ4n) is 2.98. The van der Waals surface area contributed by atoms with E-state index in [-0.39, 0.29) is 11.8 Å². The van der Waals surface area contributed by atoms with E-state index in [2.05, 4.69) is 0 Å². The van der Waals surface area contributed by atoms with Crippen molar-refractivity contribution in [3.8, 4) is 0 Å². The number of anilines is 1. The van der Waals surface area contributed by atoms with Crippen molar-refractivity contribution < 1.29 is 9.59 Å². The zero-order chi connectivity index (χ0) is 14.6. The zero-order valence-corrected chi connectivity index (χ0v) is 11.7. The number of halogens is 1. The summed E-state index contributed by atoms with van der Waals surface area (Å²) in [5.41, 5.74) is 3.43. The van der Waals surface area contributed by atoms with E-state index in [1.165, 1.54) is 4.90 Å². The van der Waals surface area contributed by atoms with Gasteiger partial charge in [0.25, 0.3) is 11.8 Å². The summed E-state index contributed by atoms with van der Waals surface area (Å²) in [5.74, 6) is -0.549. The van der Waals surface area contributed by atoms with Crippen LogP contribution >= 0.6 is 11.6 Å². The third-order valence-corrected chi connectivity index (χ3v) is 4.25. The van der Waals surface area contributed by atoms with E-state index in [9.17, 15) is 9.59 Å². The number of imide groups is 1. The van der Waals surface area contributed by atoms with E-state index in [0.29, 0.717) is 28.3 Å². The summed E-state index contributed by atoms with van der Waals surface area (Å²) < 4.78 is 0. The summed E-state index contributed by atoms with van der Waals surface area (Å²) in [6.07, 6.45) is 0.511. The normalized spacial score (nSPS) is 16.5. The van der Waals surface area contributed by atoms with Gasteiger partial charge in [-0.1, -0.05) is 48.0 Å². The second-order valence-electron chi connectivity index (χ2n) is 5.08. The van der Waals surface area contributed by atoms with E-state index >= 15 is 0 Å². The summed E-state index contributed by atoms with van der Waals surface area (Å²) in [6, 6.07) is 14.5. The second-order valence-corrected chi connectivity index (χ2v) is 5.49. The van der Waals surface area contributed by atoms with Gasteiger partial charge in [0.05, 0.1) is 16.3 Å². The number of fused-ring (bicyclic) bond motifs is 2. The van der Waals surface area contributed by atoms with E-state index in [4.69, 9.17) is 11.6 Å². The Labute approximate surface area is 126 Å². The van der Waals surface area contributed by atoms with Gasteiger partial charge >= 0.3 is 0 Å². The molecule has 0 N–H and O–H groups in total. The molecule has 1 heterocycles. The first kappa shape index (κ1) is 12.4. The molecule has 0 atom stereocenters. The van der Waals surface area contributed by atoms with Gasteiger partial charge in [-0.05, 0) is 23.3 Å². The Bertz CT molecular complexity index is 838. The molecule has 0 unspecified atom stereocenters. The van der Waals surface area contributed by atoms with Crippen LogP contribution < -0.4 is 4.90 Å². The van der Waals surface area contributed by atoms with E-state index in [1.807, 2.05) is 24.3 Å². The highest BCUT2D eigenvalue weighted by atomic mass is 35.5. The average molecular weight is 296 g/mol. The van der Waals surface area contributed by atoms with Gasteiger partial charge in [0, 0.05) is 12.0 Å². The molecule has 0 bridgehead atoms. The highest BCUT2D eigenvalue weighted by molar-refractivity contribution is 6.48. The summed E-state index contributed by atoms with van der Waals surface area (Å²) in [7, 11) is 0. The van der Waals surface area contributed by atoms with Crippen molar-refractivity contribution in [1.29, 1.82) is 0 Å². The van der Waals surface area contributed by atoms with E-state index in [1.54, 1.807) is 24.3 Å². The van der Waals surface area contributed by atoms with Crippen LogP contribution in [0.2, 0.25) is 5.02 Å². The maximum atomic E-state index is 12.7. The van der Waals surface area contributed by atoms with Gasteiger partial charge in [0.1, 0.15) is 0 Å². The molecular formula is C17H10ClNO2. The Morgan fingerprint density at radius 3 is 2.43 bits per heavy atom. The minimum Gasteiger partial charge on any atom is -0.269 e. The van der Waals surface area contributed by atoms with E-state index < -0.39 is 0 Å². The number of carbonyl (C=O) groups excluding carboxylic acids is 2. The fraction of sp³-hybridized carbons (Fsp3) is 0.0588. The number of benzene rings is 2. The van der Waals surface area contributed by atoms with Crippen molar-refractivity contribution in [2.24, 2.45) is 0 Å². The average Bonchev–Trinajstić information content (AvgIpc) is 2.98. The first-order valence-electron chi connectivity index (χ1n) is 6.63. The molecule has 0 spiro atoms. The Hall–Kier alpha value is -2.39. The summed E-state index contributed by atoms with van der Waals surface area (Å²) in [4.78, 5) is 26.5. The van der Waals surface area contributed by atoms with Gasteiger partial charge in [-0.25, -0.2) is 4.90 Å². The molecule has 2 amide bonds. The number of para-hydroxylation sites is 1. The van der Waals surface area contributed by atoms with Crippen molar-refractivity contribution >= 4 is 34.7 Å². The SMILES string of the molecule is O=C1C2=C(C(=O)N1c1ccccc1Cl)c1ccccc1C2. The molecular weight excluding hydrogens is 286 g/mol. The van der Waals surface area contributed by atoms with Crippen LogP contribution in [-0.4, -0.2) is 11.8 Å². The van der Waals surface area contributed by atoms with Crippen molar-refractivity contribution in [2.45, 2.75) is 6.42 Å². The maximum absolute atomic E-state index is 12.7. The number of hydrogen-bond donors (Lipinski definition) is 0. The smallest absolute Gasteiger partial charge is 0.266 e. The van der Waals surface area contributed by atoms with Gasteiger partial charge in [-0.2, -0.15) is 0 Å². The monoisotopic (exact) mass is 295 g/mol. The Balaban J connectivity index is 1.84. The standard InChI is InChI=1S/C17H10ClNO2/c18-13-7-3-4-8-14(13)19-16(20)12-9-10-5-1-2-6-11(10)15(12)17(19)21/h1-8H,9H2. The third kappa shape index (κ3) is 1.61. The third-order valence-electron chi connectivity index (χ3n) is 3.93. The summed E-state index contributed by atoms with van der Waals surface area (Å²) >= 11 is 6.13. The molecule has 0 saturated carbocycles. The van der Waals surface area contributed by atoms with Crippen molar-refractivity contribution in [1.82, 2.24) is 0 Å². The lowest BCUT2D eigenvalue weighted by Crippen LogP contribution is -2.32. The zero-order valence-electron chi connectivity index (χ0n) is 11.0. The molecule has 2 aromatic carbocycles. The molecule has 102 valence electrons. The van der Waals surface area contributed by atoms with Gasteiger partial charge in [0.15, 0.2) is 0 Å². The van der Waals surface area contributed by atoms with Crippen LogP contribution in [-0.2, 0) is 16.0 Å². The highest BCUT2D eigenvalue weighted by Crippen LogP contribution is 2.42. The van der Waals surface area contributed by atoms with Crippen LogP contribution in [0.25, 0.3) is 5.57 Å². The molecule has 0 aromatic heterocycles.